The zero-order valence-electron chi connectivity index (χ0n) is 43.9. The molecule has 0 fully saturated rings. The normalized spacial score (nSPS) is 11.9. The van der Waals surface area contributed by atoms with Crippen molar-refractivity contribution in [3.05, 3.63) is 175 Å². The van der Waals surface area contributed by atoms with Crippen molar-refractivity contribution in [2.45, 2.75) is 124 Å². The molecular formula is C67H68S8. The average molecular weight is 1130 g/mol. The van der Waals surface area contributed by atoms with Crippen molar-refractivity contribution >= 4 is 115 Å². The third-order valence-electron chi connectivity index (χ3n) is 13.9. The van der Waals surface area contributed by atoms with E-state index < -0.39 is 0 Å². The first-order valence-corrected chi connectivity index (χ1v) is 33.8. The Morgan fingerprint density at radius 2 is 0.640 bits per heavy atom. The number of rotatable bonds is 26. The second-order valence-corrected chi connectivity index (χ2v) is 28.6. The summed E-state index contributed by atoms with van der Waals surface area (Å²) in [6, 6.07) is 50.9. The summed E-state index contributed by atoms with van der Waals surface area (Å²) in [4.78, 5) is 22.1. The molecule has 0 bridgehead atoms. The van der Waals surface area contributed by atoms with E-state index in [1.807, 2.05) is 90.7 Å². The molecule has 75 heavy (non-hydrogen) atoms. The lowest BCUT2D eigenvalue weighted by molar-refractivity contribution is 0.667. The Hall–Kier alpha value is -4.48. The van der Waals surface area contributed by atoms with Crippen molar-refractivity contribution in [3.63, 3.8) is 0 Å². The van der Waals surface area contributed by atoms with Crippen LogP contribution in [0.15, 0.2) is 133 Å². The standard InChI is InChI=1S/C67H68S8/c1-5-8-11-14-17-51-44-66(64-42-40-62(74-64)60-38-36-58(72-60)56-32-20-46(4)68-56)70-54(51)33-25-47-21-27-49(28-22-47)50-29-23-48(24-30-50)26-34-55-52(18-15-12-9-6-2)45-67(71-55)65-43-41-63(75-65)61-39-37-59(73-61)57-35-31-53(69-57)19-16-13-10-7-3/h20-45H,5-19H2,1-4H3/b33-25+,34-26+. The Labute approximate surface area is 479 Å². The van der Waals surface area contributed by atoms with Gasteiger partial charge in [0.1, 0.15) is 0 Å². The van der Waals surface area contributed by atoms with Gasteiger partial charge < -0.3 is 0 Å². The molecule has 0 nitrogen and oxygen atoms in total. The van der Waals surface area contributed by atoms with Gasteiger partial charge in [-0.1, -0.05) is 139 Å². The van der Waals surface area contributed by atoms with Crippen molar-refractivity contribution in [2.24, 2.45) is 0 Å². The topological polar surface area (TPSA) is 0 Å². The molecule has 0 spiro atoms. The summed E-state index contributed by atoms with van der Waals surface area (Å²) in [6.07, 6.45) is 28.3. The monoisotopic (exact) mass is 1130 g/mol. The van der Waals surface area contributed by atoms with Crippen molar-refractivity contribution in [1.29, 1.82) is 0 Å². The van der Waals surface area contributed by atoms with E-state index in [1.165, 1.54) is 195 Å². The molecule has 0 unspecified atom stereocenters. The highest BCUT2D eigenvalue weighted by Crippen LogP contribution is 2.46. The van der Waals surface area contributed by atoms with Gasteiger partial charge >= 0.3 is 0 Å². The molecule has 0 atom stereocenters. The van der Waals surface area contributed by atoms with Gasteiger partial charge in [-0.25, -0.2) is 0 Å². The van der Waals surface area contributed by atoms with Crippen LogP contribution in [-0.4, -0.2) is 0 Å². The van der Waals surface area contributed by atoms with E-state index in [0.717, 1.165) is 12.8 Å². The fraction of sp³-hybridized carbons (Fsp3) is 0.284. The van der Waals surface area contributed by atoms with Gasteiger partial charge in [-0.3, -0.25) is 0 Å². The van der Waals surface area contributed by atoms with Crippen LogP contribution in [0.2, 0.25) is 0 Å². The number of unbranched alkanes of at least 4 members (excludes halogenated alkanes) is 9. The van der Waals surface area contributed by atoms with Gasteiger partial charge in [-0.05, 0) is 176 Å². The van der Waals surface area contributed by atoms with Crippen LogP contribution >= 0.6 is 90.7 Å². The smallest absolute Gasteiger partial charge is 0.0452 e. The van der Waals surface area contributed by atoms with Crippen LogP contribution in [0.5, 0.6) is 0 Å². The first-order valence-electron chi connectivity index (χ1n) is 27.3. The highest BCUT2D eigenvalue weighted by atomic mass is 32.1. The minimum Gasteiger partial charge on any atom is -0.140 e. The van der Waals surface area contributed by atoms with Crippen LogP contribution < -0.4 is 0 Å². The maximum atomic E-state index is 2.49. The Kier molecular flexibility index (Phi) is 19.2. The van der Waals surface area contributed by atoms with Crippen LogP contribution in [0.4, 0.5) is 0 Å². The molecule has 384 valence electrons. The van der Waals surface area contributed by atoms with E-state index in [4.69, 9.17) is 0 Å². The van der Waals surface area contributed by atoms with Gasteiger partial charge in [0.15, 0.2) is 0 Å². The first-order chi connectivity index (χ1) is 36.9. The molecule has 0 aliphatic carbocycles. The summed E-state index contributed by atoms with van der Waals surface area (Å²) >= 11 is 15.5. The van der Waals surface area contributed by atoms with Crippen LogP contribution in [0, 0.1) is 6.92 Å². The molecule has 8 aromatic heterocycles. The average Bonchev–Trinajstić information content (AvgIpc) is 4.28. The number of hydrogen-bond acceptors (Lipinski definition) is 8. The molecular weight excluding hydrogens is 1060 g/mol. The molecule has 0 N–H and O–H groups in total. The number of benzene rings is 2. The summed E-state index contributed by atoms with van der Waals surface area (Å²) in [5, 5.41) is 0. The molecule has 0 aliphatic heterocycles. The highest BCUT2D eigenvalue weighted by Gasteiger charge is 2.16. The zero-order valence-corrected chi connectivity index (χ0v) is 50.4. The zero-order chi connectivity index (χ0) is 51.3. The predicted octanol–water partition coefficient (Wildman–Crippen LogP) is 24.9. The van der Waals surface area contributed by atoms with Gasteiger partial charge in [0.25, 0.3) is 0 Å². The van der Waals surface area contributed by atoms with Crippen LogP contribution in [0.25, 0.3) is 94.0 Å². The fourth-order valence-electron chi connectivity index (χ4n) is 9.55. The summed E-state index contributed by atoms with van der Waals surface area (Å²) < 4.78 is 0. The van der Waals surface area contributed by atoms with Crippen LogP contribution in [0.1, 0.15) is 140 Å². The maximum absolute atomic E-state index is 2.49. The third-order valence-corrected chi connectivity index (χ3v) is 23.8. The summed E-state index contributed by atoms with van der Waals surface area (Å²) in [5.74, 6) is 0. The number of thiophene rings is 8. The second-order valence-electron chi connectivity index (χ2n) is 19.7. The van der Waals surface area contributed by atoms with E-state index in [-0.39, 0.29) is 0 Å². The number of hydrogen-bond donors (Lipinski definition) is 0. The molecule has 2 aromatic carbocycles. The molecule has 0 aliphatic rings. The molecule has 0 amide bonds. The Morgan fingerprint density at radius 1 is 0.293 bits per heavy atom. The van der Waals surface area contributed by atoms with Crippen LogP contribution in [0.3, 0.4) is 0 Å². The van der Waals surface area contributed by atoms with E-state index in [9.17, 15) is 0 Å². The van der Waals surface area contributed by atoms with Gasteiger partial charge in [0.2, 0.25) is 0 Å². The Balaban J connectivity index is 0.793. The SMILES string of the molecule is CCCCCCc1ccc(-c2ccc(-c3ccc(-c4cc(CCCCCC)c(/C=C/c5ccc(-c6ccc(/C=C/c7sc(-c8ccc(-c9ccc(-c%10ccc(C)s%10)s9)s8)cc7CCCCCC)cc6)cc5)s4)s3)s2)s1. The van der Waals surface area contributed by atoms with E-state index in [2.05, 4.69) is 185 Å². The van der Waals surface area contributed by atoms with Crippen molar-refractivity contribution < 1.29 is 0 Å². The molecule has 0 radical (unpaired) electrons. The minimum absolute atomic E-state index is 1.13. The molecule has 8 heterocycles. The molecule has 0 saturated carbocycles. The van der Waals surface area contributed by atoms with E-state index in [1.54, 1.807) is 0 Å². The lowest BCUT2D eigenvalue weighted by Gasteiger charge is -2.04. The van der Waals surface area contributed by atoms with Crippen molar-refractivity contribution in [2.75, 3.05) is 0 Å². The highest BCUT2D eigenvalue weighted by molar-refractivity contribution is 7.29. The number of aryl methyl sites for hydroxylation is 4. The Morgan fingerprint density at radius 3 is 1.03 bits per heavy atom. The van der Waals surface area contributed by atoms with E-state index in [0.29, 0.717) is 0 Å². The van der Waals surface area contributed by atoms with E-state index >= 15 is 0 Å². The first kappa shape index (κ1) is 53.9. The molecule has 0 saturated heterocycles. The van der Waals surface area contributed by atoms with Gasteiger partial charge in [-0.2, -0.15) is 0 Å². The van der Waals surface area contributed by atoms with Gasteiger partial charge in [-0.15, -0.1) is 90.7 Å². The summed E-state index contributed by atoms with van der Waals surface area (Å²) in [5.41, 5.74) is 7.92. The summed E-state index contributed by atoms with van der Waals surface area (Å²) in [7, 11) is 0. The predicted molar refractivity (Wildman–Crippen MR) is 347 cm³/mol. The van der Waals surface area contributed by atoms with Gasteiger partial charge in [0.05, 0.1) is 0 Å². The minimum atomic E-state index is 1.13. The van der Waals surface area contributed by atoms with Crippen LogP contribution in [-0.2, 0) is 19.3 Å². The maximum Gasteiger partial charge on any atom is 0.0452 e. The van der Waals surface area contributed by atoms with Crippen molar-refractivity contribution in [3.8, 4) is 69.7 Å². The lowest BCUT2D eigenvalue weighted by atomic mass is 10.0. The Bertz CT molecular complexity index is 3410. The molecule has 10 aromatic rings. The van der Waals surface area contributed by atoms with Crippen molar-refractivity contribution in [1.82, 2.24) is 0 Å². The summed E-state index contributed by atoms with van der Waals surface area (Å²) in [6.45, 7) is 9.07. The third kappa shape index (κ3) is 14.2. The lowest BCUT2D eigenvalue weighted by Crippen LogP contribution is -1.85. The quantitative estimate of drug-likeness (QED) is 0.0474. The molecule has 10 rings (SSSR count). The fourth-order valence-corrected chi connectivity index (χ4v) is 18.2. The van der Waals surface area contributed by atoms with Gasteiger partial charge in [0, 0.05) is 78.0 Å². The second kappa shape index (κ2) is 26.7. The molecule has 8 heteroatoms. The largest absolute Gasteiger partial charge is 0.140 e.